The van der Waals surface area contributed by atoms with Crippen molar-refractivity contribution in [2.24, 2.45) is 0 Å². The zero-order valence-electron chi connectivity index (χ0n) is 14.0. The summed E-state index contributed by atoms with van der Waals surface area (Å²) in [6, 6.07) is 10.2. The molecule has 27 heavy (non-hydrogen) atoms. The van der Waals surface area contributed by atoms with Crippen molar-refractivity contribution in [2.45, 2.75) is 10.9 Å². The molecule has 1 amide bonds. The molecule has 1 N–H and O–H groups in total. The summed E-state index contributed by atoms with van der Waals surface area (Å²) in [5, 5.41) is 20.4. The maximum absolute atomic E-state index is 13.1. The van der Waals surface area contributed by atoms with Gasteiger partial charge >= 0.3 is 0 Å². The lowest BCUT2D eigenvalue weighted by atomic mass is 9.95. The van der Waals surface area contributed by atoms with Crippen LogP contribution in [0, 0.1) is 0 Å². The van der Waals surface area contributed by atoms with Gasteiger partial charge in [0.2, 0.25) is 10.9 Å². The number of hydrogen-bond donors (Lipinski definition) is 1. The number of thiophene rings is 1. The quantitative estimate of drug-likeness (QED) is 0.499. The first-order chi connectivity index (χ1) is 13.1. The lowest BCUT2D eigenvalue weighted by molar-refractivity contribution is -0.117. The first-order valence-corrected chi connectivity index (χ1v) is 10.8. The number of aliphatic hydroxyl groups excluding tert-OH is 1. The predicted octanol–water partition coefficient (Wildman–Crippen LogP) is 4.10. The van der Waals surface area contributed by atoms with Gasteiger partial charge in [-0.25, -0.2) is 0 Å². The fraction of sp³-hybridized carbons (Fsp3) is 0.111. The van der Waals surface area contributed by atoms with Crippen LogP contribution in [0.1, 0.15) is 21.3 Å². The minimum atomic E-state index is -0.754. The number of hydrogen-bond acceptors (Lipinski definition) is 8. The van der Waals surface area contributed by atoms with Gasteiger partial charge in [-0.15, -0.1) is 33.3 Å². The molecule has 1 unspecified atom stereocenters. The monoisotopic (exact) mass is 415 g/mol. The number of ketones is 1. The second-order valence-corrected chi connectivity index (χ2v) is 8.28. The minimum absolute atomic E-state index is 0.0644. The highest BCUT2D eigenvalue weighted by atomic mass is 32.2. The molecule has 1 aliphatic heterocycles. The highest BCUT2D eigenvalue weighted by molar-refractivity contribution is 7.98. The summed E-state index contributed by atoms with van der Waals surface area (Å²) >= 11 is 4.04. The van der Waals surface area contributed by atoms with E-state index in [2.05, 4.69) is 10.2 Å². The second kappa shape index (κ2) is 7.26. The third kappa shape index (κ3) is 3.07. The SMILES string of the molecule is CSc1ccc(C2C(C(=O)c3cccs3)=C(O)C(=O)N2c2nncs2)cc1. The summed E-state index contributed by atoms with van der Waals surface area (Å²) in [6.45, 7) is 0. The Kier molecular flexibility index (Phi) is 4.81. The molecule has 6 nitrogen and oxygen atoms in total. The van der Waals surface area contributed by atoms with Crippen LogP contribution in [0.2, 0.25) is 0 Å². The van der Waals surface area contributed by atoms with Gasteiger partial charge in [0, 0.05) is 4.90 Å². The highest BCUT2D eigenvalue weighted by Gasteiger charge is 2.46. The Morgan fingerprint density at radius 1 is 1.22 bits per heavy atom. The molecule has 0 saturated carbocycles. The van der Waals surface area contributed by atoms with Gasteiger partial charge in [0.1, 0.15) is 5.51 Å². The van der Waals surface area contributed by atoms with Gasteiger partial charge in [0.05, 0.1) is 16.5 Å². The third-order valence-corrected chi connectivity index (χ3v) is 6.48. The molecule has 0 aliphatic carbocycles. The second-order valence-electron chi connectivity index (χ2n) is 5.64. The Morgan fingerprint density at radius 3 is 2.59 bits per heavy atom. The molecule has 1 atom stereocenters. The van der Waals surface area contributed by atoms with E-state index in [0.717, 1.165) is 10.5 Å². The average Bonchev–Trinajstić information content (AvgIpc) is 3.44. The topological polar surface area (TPSA) is 83.4 Å². The van der Waals surface area contributed by atoms with Crippen LogP contribution in [-0.4, -0.2) is 33.3 Å². The van der Waals surface area contributed by atoms with Crippen LogP contribution in [0.5, 0.6) is 0 Å². The number of anilines is 1. The van der Waals surface area contributed by atoms with Gasteiger partial charge in [-0.05, 0) is 35.4 Å². The van der Waals surface area contributed by atoms with E-state index in [-0.39, 0.29) is 11.4 Å². The van der Waals surface area contributed by atoms with Gasteiger partial charge in [0.25, 0.3) is 5.91 Å². The number of aromatic nitrogens is 2. The van der Waals surface area contributed by atoms with E-state index in [4.69, 9.17) is 0 Å². The molecule has 2 aromatic heterocycles. The van der Waals surface area contributed by atoms with Gasteiger partial charge in [-0.1, -0.05) is 29.5 Å². The van der Waals surface area contributed by atoms with Crippen molar-refractivity contribution < 1.29 is 14.7 Å². The molecule has 0 radical (unpaired) electrons. The van der Waals surface area contributed by atoms with E-state index in [9.17, 15) is 14.7 Å². The van der Waals surface area contributed by atoms with Crippen LogP contribution in [0.15, 0.2) is 63.5 Å². The third-order valence-electron chi connectivity index (χ3n) is 4.18. The molecule has 3 heterocycles. The van der Waals surface area contributed by atoms with E-state index < -0.39 is 17.7 Å². The summed E-state index contributed by atoms with van der Waals surface area (Å²) in [6.07, 6.45) is 1.97. The van der Waals surface area contributed by atoms with Crippen LogP contribution >= 0.6 is 34.4 Å². The highest BCUT2D eigenvalue weighted by Crippen LogP contribution is 2.42. The van der Waals surface area contributed by atoms with Gasteiger partial charge in [-0.2, -0.15) is 0 Å². The normalized spacial score (nSPS) is 17.0. The minimum Gasteiger partial charge on any atom is -0.503 e. The summed E-state index contributed by atoms with van der Waals surface area (Å²) in [4.78, 5) is 28.7. The molecule has 1 aromatic carbocycles. The van der Waals surface area contributed by atoms with Crippen LogP contribution in [-0.2, 0) is 4.79 Å². The van der Waals surface area contributed by atoms with Crippen LogP contribution in [0.25, 0.3) is 0 Å². The molecule has 1 aliphatic rings. The molecular formula is C18H13N3O3S3. The lowest BCUT2D eigenvalue weighted by Gasteiger charge is -2.24. The fourth-order valence-electron chi connectivity index (χ4n) is 2.95. The number of thioether (sulfide) groups is 1. The summed E-state index contributed by atoms with van der Waals surface area (Å²) < 4.78 is 0. The molecular weight excluding hydrogens is 402 g/mol. The van der Waals surface area contributed by atoms with Gasteiger partial charge in [-0.3, -0.25) is 14.5 Å². The Labute approximate surface area is 167 Å². The zero-order valence-corrected chi connectivity index (χ0v) is 16.5. The maximum atomic E-state index is 13.1. The summed E-state index contributed by atoms with van der Waals surface area (Å²) in [7, 11) is 0. The zero-order chi connectivity index (χ0) is 19.0. The van der Waals surface area contributed by atoms with Crippen LogP contribution in [0.3, 0.4) is 0 Å². The van der Waals surface area contributed by atoms with Crippen molar-refractivity contribution in [3.05, 3.63) is 69.1 Å². The van der Waals surface area contributed by atoms with Gasteiger partial charge in [0.15, 0.2) is 5.76 Å². The van der Waals surface area contributed by atoms with Crippen LogP contribution < -0.4 is 4.90 Å². The smallest absolute Gasteiger partial charge is 0.296 e. The molecule has 4 rings (SSSR count). The number of carbonyl (C=O) groups excluding carboxylic acids is 2. The molecule has 3 aromatic rings. The predicted molar refractivity (Wildman–Crippen MR) is 107 cm³/mol. The number of carbonyl (C=O) groups is 2. The first kappa shape index (κ1) is 17.9. The average molecular weight is 416 g/mol. The molecule has 136 valence electrons. The van der Waals surface area contributed by atoms with Crippen molar-refractivity contribution >= 4 is 51.3 Å². The number of rotatable bonds is 5. The van der Waals surface area contributed by atoms with E-state index in [1.54, 1.807) is 29.3 Å². The van der Waals surface area contributed by atoms with E-state index in [1.807, 2.05) is 30.5 Å². The van der Waals surface area contributed by atoms with E-state index in [1.165, 1.54) is 33.1 Å². The number of aliphatic hydroxyl groups is 1. The van der Waals surface area contributed by atoms with Crippen molar-refractivity contribution in [1.29, 1.82) is 0 Å². The molecule has 0 spiro atoms. The number of amides is 1. The molecule has 9 heteroatoms. The number of nitrogens with zero attached hydrogens (tertiary/aromatic N) is 3. The summed E-state index contributed by atoms with van der Waals surface area (Å²) in [5.74, 6) is -1.55. The lowest BCUT2D eigenvalue weighted by Crippen LogP contribution is -2.31. The summed E-state index contributed by atoms with van der Waals surface area (Å²) in [5.41, 5.74) is 2.29. The van der Waals surface area contributed by atoms with E-state index in [0.29, 0.717) is 10.0 Å². The van der Waals surface area contributed by atoms with Crippen molar-refractivity contribution in [3.63, 3.8) is 0 Å². The molecule has 0 fully saturated rings. The number of benzene rings is 1. The Bertz CT molecular complexity index is 1010. The maximum Gasteiger partial charge on any atom is 0.296 e. The molecule has 0 bridgehead atoms. The first-order valence-electron chi connectivity index (χ1n) is 7.87. The Balaban J connectivity index is 1.86. The largest absolute Gasteiger partial charge is 0.503 e. The van der Waals surface area contributed by atoms with Crippen molar-refractivity contribution in [2.75, 3.05) is 11.2 Å². The van der Waals surface area contributed by atoms with Crippen molar-refractivity contribution in [3.8, 4) is 0 Å². The number of Topliss-reactive ketones (excluding diaryl/α,β-unsaturated/α-hetero) is 1. The van der Waals surface area contributed by atoms with Crippen LogP contribution in [0.4, 0.5) is 5.13 Å². The van der Waals surface area contributed by atoms with Gasteiger partial charge < -0.3 is 5.11 Å². The standard InChI is InChI=1S/C18H13N3O3S3/c1-25-11-6-4-10(5-7-11)14-13(15(22)12-3-2-8-26-12)16(23)17(24)21(14)18-20-19-9-27-18/h2-9,14,23H,1H3. The van der Waals surface area contributed by atoms with E-state index >= 15 is 0 Å². The fourth-order valence-corrected chi connectivity index (χ4v) is 4.62. The Morgan fingerprint density at radius 2 is 2.00 bits per heavy atom. The van der Waals surface area contributed by atoms with Crippen molar-refractivity contribution in [1.82, 2.24) is 10.2 Å². The Hall–Kier alpha value is -2.49. The molecule has 0 saturated heterocycles.